The minimum absolute atomic E-state index is 0.00372. The molecule has 0 fully saturated rings. The Labute approximate surface area is 260 Å². The fourth-order valence-corrected chi connectivity index (χ4v) is 4.68. The fourth-order valence-electron chi connectivity index (χ4n) is 4.24. The molecule has 11 heteroatoms. The van der Waals surface area contributed by atoms with Crippen molar-refractivity contribution in [1.29, 1.82) is 0 Å². The molecule has 232 valence electrons. The number of H-pyrrole nitrogens is 1. The maximum atomic E-state index is 13.9. The highest BCUT2D eigenvalue weighted by Crippen LogP contribution is 2.30. The molecular weight excluding hydrogens is 582 g/mol. The molecule has 0 aliphatic carbocycles. The summed E-state index contributed by atoms with van der Waals surface area (Å²) >= 11 is 1.49. The van der Waals surface area contributed by atoms with Crippen molar-refractivity contribution in [3.63, 3.8) is 0 Å². The van der Waals surface area contributed by atoms with Crippen molar-refractivity contribution in [2.75, 3.05) is 16.7 Å². The lowest BCUT2D eigenvalue weighted by Crippen LogP contribution is -2.09. The van der Waals surface area contributed by atoms with E-state index in [2.05, 4.69) is 47.5 Å². The van der Waals surface area contributed by atoms with Gasteiger partial charge < -0.3 is 20.2 Å². The zero-order chi connectivity index (χ0) is 32.2. The lowest BCUT2D eigenvalue weighted by Gasteiger charge is -2.18. The molecule has 5 rings (SSSR count). The summed E-state index contributed by atoms with van der Waals surface area (Å²) < 4.78 is 37.8. The van der Waals surface area contributed by atoms with Gasteiger partial charge in [-0.05, 0) is 60.7 Å². The number of halogens is 2. The molecule has 0 spiro atoms. The van der Waals surface area contributed by atoms with Crippen molar-refractivity contribution >= 4 is 40.1 Å². The zero-order valence-electron chi connectivity index (χ0n) is 26.0. The van der Waals surface area contributed by atoms with E-state index in [9.17, 15) is 13.6 Å². The number of hydrogen-bond acceptors (Lipinski definition) is 7. The smallest absolute Gasteiger partial charge is 0.219 e. The van der Waals surface area contributed by atoms with Crippen LogP contribution in [0.5, 0.6) is 11.6 Å². The molecule has 4 N–H and O–H groups in total. The summed E-state index contributed by atoms with van der Waals surface area (Å²) in [6.07, 6.45) is 7.34. The summed E-state index contributed by atoms with van der Waals surface area (Å²) in [5.74, 6) is -2.41. The third kappa shape index (κ3) is 7.05. The number of nitrogens with two attached hydrogens (primary N) is 1. The number of nitrogen functional groups attached to an aromatic ring is 1. The van der Waals surface area contributed by atoms with Crippen molar-refractivity contribution in [3.8, 4) is 17.3 Å². The van der Waals surface area contributed by atoms with Crippen LogP contribution in [0.3, 0.4) is 0 Å². The van der Waals surface area contributed by atoms with E-state index >= 15 is 0 Å². The molecule has 0 bridgehead atoms. The Hall–Kier alpha value is -4.38. The van der Waals surface area contributed by atoms with Gasteiger partial charge >= 0.3 is 0 Å². The van der Waals surface area contributed by atoms with Crippen LogP contribution in [0.1, 0.15) is 67.7 Å². The van der Waals surface area contributed by atoms with E-state index in [4.69, 9.17) is 10.5 Å². The van der Waals surface area contributed by atoms with Gasteiger partial charge in [0.15, 0.2) is 11.6 Å². The number of pyridine rings is 1. The van der Waals surface area contributed by atoms with E-state index in [1.165, 1.54) is 54.0 Å². The predicted molar refractivity (Wildman–Crippen MR) is 175 cm³/mol. The molecule has 0 amide bonds. The average Bonchev–Trinajstić information content (AvgIpc) is 3.58. The molecule has 3 aromatic heterocycles. The largest absolute Gasteiger partial charge is 0.433 e. The van der Waals surface area contributed by atoms with Gasteiger partial charge in [-0.2, -0.15) is 5.10 Å². The van der Waals surface area contributed by atoms with Crippen molar-refractivity contribution in [2.45, 2.75) is 54.4 Å². The van der Waals surface area contributed by atoms with Crippen LogP contribution in [0.25, 0.3) is 16.6 Å². The Bertz CT molecular complexity index is 1770. The van der Waals surface area contributed by atoms with Crippen LogP contribution in [0.4, 0.5) is 20.3 Å². The average molecular weight is 621 g/mol. The van der Waals surface area contributed by atoms with Crippen LogP contribution in [-0.4, -0.2) is 31.8 Å². The van der Waals surface area contributed by atoms with Gasteiger partial charge in [-0.15, -0.1) is 0 Å². The number of ether oxygens (including phenoxy) is 1. The molecule has 44 heavy (non-hydrogen) atoms. The number of anilines is 2. The topological polar surface area (TPSA) is 111 Å². The third-order valence-electron chi connectivity index (χ3n) is 7.80. The molecule has 0 aliphatic heterocycles. The van der Waals surface area contributed by atoms with Crippen LogP contribution >= 0.6 is 11.9 Å². The SMILES string of the molecule is CCC(C)(C)CC.CSNc1cc2[nH]c(C(=O)c3cnn(-c4cnc(Oc5c(F)cccc5F)cc4C)c3N)cc2cc1C. The Morgan fingerprint density at radius 1 is 1.07 bits per heavy atom. The highest BCUT2D eigenvalue weighted by atomic mass is 32.2. The van der Waals surface area contributed by atoms with Crippen LogP contribution < -0.4 is 15.2 Å². The molecule has 0 atom stereocenters. The molecule has 0 saturated heterocycles. The summed E-state index contributed by atoms with van der Waals surface area (Å²) in [4.78, 5) is 20.6. The van der Waals surface area contributed by atoms with E-state index < -0.39 is 17.4 Å². The van der Waals surface area contributed by atoms with Gasteiger partial charge in [0.05, 0.1) is 29.3 Å². The minimum atomic E-state index is -0.841. The number of aromatic amines is 1. The Morgan fingerprint density at radius 3 is 2.34 bits per heavy atom. The molecule has 2 aromatic carbocycles. The standard InChI is InChI=1S/C26H22F2N6O2S.C7H16/c1-13-7-15-9-21(32-20(15)10-19(13)33-37-3)24(35)16-11-31-34(26(16)29)22-12-30-23(8-14(22)2)36-25-17(27)5-4-6-18(25)28;1-5-7(3,4)6-2/h4-12,32-33H,29H2,1-3H3;5-6H2,1-4H3. The van der Waals surface area contributed by atoms with Crippen molar-refractivity contribution in [2.24, 2.45) is 5.41 Å². The first-order chi connectivity index (χ1) is 20.9. The number of carbonyl (C=O) groups excluding carboxylic acids is 1. The quantitative estimate of drug-likeness (QED) is 0.112. The first-order valence-electron chi connectivity index (χ1n) is 14.3. The lowest BCUT2D eigenvalue weighted by molar-refractivity contribution is 0.103. The monoisotopic (exact) mass is 620 g/mol. The van der Waals surface area contributed by atoms with Gasteiger partial charge in [0.1, 0.15) is 5.82 Å². The lowest BCUT2D eigenvalue weighted by atomic mass is 9.88. The second-order valence-electron chi connectivity index (χ2n) is 11.3. The van der Waals surface area contributed by atoms with Gasteiger partial charge in [0.2, 0.25) is 17.4 Å². The number of nitrogens with zero attached hydrogens (tertiary/aromatic N) is 3. The Balaban J connectivity index is 0.000000566. The van der Waals surface area contributed by atoms with Crippen LogP contribution in [0.2, 0.25) is 0 Å². The maximum Gasteiger partial charge on any atom is 0.219 e. The van der Waals surface area contributed by atoms with Gasteiger partial charge in [0, 0.05) is 28.9 Å². The number of hydrogen-bond donors (Lipinski definition) is 3. The first-order valence-corrected chi connectivity index (χ1v) is 15.5. The molecule has 8 nitrogen and oxygen atoms in total. The van der Waals surface area contributed by atoms with Crippen LogP contribution in [-0.2, 0) is 0 Å². The second kappa shape index (κ2) is 13.5. The first kappa shape index (κ1) is 32.5. The fraction of sp³-hybridized carbons (Fsp3) is 0.303. The highest BCUT2D eigenvalue weighted by molar-refractivity contribution is 7.99. The van der Waals surface area contributed by atoms with Crippen molar-refractivity contribution < 1.29 is 18.3 Å². The third-order valence-corrected chi connectivity index (χ3v) is 8.22. The number of rotatable bonds is 9. The van der Waals surface area contributed by atoms with E-state index in [0.717, 1.165) is 34.3 Å². The van der Waals surface area contributed by atoms with Crippen molar-refractivity contribution in [3.05, 3.63) is 88.9 Å². The normalized spacial score (nSPS) is 11.3. The molecular formula is C33H38F2N6O2S. The zero-order valence-corrected chi connectivity index (χ0v) is 26.8. The number of aryl methyl sites for hydroxylation is 2. The summed E-state index contributed by atoms with van der Waals surface area (Å²) in [6, 6.07) is 10.7. The summed E-state index contributed by atoms with van der Waals surface area (Å²) in [6.45, 7) is 12.8. The number of ketones is 1. The molecule has 3 heterocycles. The molecule has 5 aromatic rings. The van der Waals surface area contributed by atoms with Crippen LogP contribution in [0.15, 0.2) is 54.9 Å². The number of carbonyl (C=O) groups is 1. The summed E-state index contributed by atoms with van der Waals surface area (Å²) in [5.41, 5.74) is 11.4. The minimum Gasteiger partial charge on any atom is -0.433 e. The maximum absolute atomic E-state index is 13.9. The molecule has 0 aliphatic rings. The van der Waals surface area contributed by atoms with Gasteiger partial charge in [0.25, 0.3) is 0 Å². The van der Waals surface area contributed by atoms with E-state index in [1.54, 1.807) is 13.0 Å². The number of para-hydroxylation sites is 1. The van der Waals surface area contributed by atoms with Crippen LogP contribution in [0, 0.1) is 30.9 Å². The van der Waals surface area contributed by atoms with Crippen molar-refractivity contribution in [1.82, 2.24) is 19.7 Å². The van der Waals surface area contributed by atoms with E-state index in [0.29, 0.717) is 22.4 Å². The predicted octanol–water partition coefficient (Wildman–Crippen LogP) is 8.77. The van der Waals surface area contributed by atoms with E-state index in [1.807, 2.05) is 25.3 Å². The highest BCUT2D eigenvalue weighted by Gasteiger charge is 2.21. The second-order valence-corrected chi connectivity index (χ2v) is 11.9. The Kier molecular flexibility index (Phi) is 9.98. The van der Waals surface area contributed by atoms with Gasteiger partial charge in [-0.1, -0.05) is 58.6 Å². The van der Waals surface area contributed by atoms with E-state index in [-0.39, 0.29) is 23.0 Å². The number of aromatic nitrogens is 4. The van der Waals surface area contributed by atoms with Gasteiger partial charge in [-0.25, -0.2) is 18.4 Å². The summed E-state index contributed by atoms with van der Waals surface area (Å²) in [5, 5.41) is 5.19. The van der Waals surface area contributed by atoms with Gasteiger partial charge in [-0.3, -0.25) is 4.79 Å². The Morgan fingerprint density at radius 2 is 1.75 bits per heavy atom. The molecule has 0 saturated carbocycles. The number of benzene rings is 2. The number of fused-ring (bicyclic) bond motifs is 1. The number of nitrogens with one attached hydrogen (secondary N) is 2. The molecule has 0 unspecified atom stereocenters. The molecule has 0 radical (unpaired) electrons. The summed E-state index contributed by atoms with van der Waals surface area (Å²) in [7, 11) is 0.